The minimum atomic E-state index is -1.42. The predicted octanol–water partition coefficient (Wildman–Crippen LogP) is -1.30. The van der Waals surface area contributed by atoms with Crippen LogP contribution >= 0.6 is 0 Å². The van der Waals surface area contributed by atoms with Crippen LogP contribution in [-0.4, -0.2) is 17.7 Å². The Morgan fingerprint density at radius 3 is 2.64 bits per heavy atom. The Morgan fingerprint density at radius 1 is 1.36 bits per heavy atom. The molecular formula is C10H9NO3. The normalized spacial score (nSPS) is 26.1. The van der Waals surface area contributed by atoms with Crippen molar-refractivity contribution in [1.82, 2.24) is 0 Å². The summed E-state index contributed by atoms with van der Waals surface area (Å²) in [7, 11) is 0. The van der Waals surface area contributed by atoms with Crippen molar-refractivity contribution in [2.75, 3.05) is 0 Å². The number of rotatable bonds is 1. The number of aromatic nitrogens is 1. The molecule has 0 spiro atoms. The molecule has 1 aliphatic carbocycles. The summed E-state index contributed by atoms with van der Waals surface area (Å²) >= 11 is 0. The minimum absolute atomic E-state index is 0.583. The van der Waals surface area contributed by atoms with Gasteiger partial charge in [-0.15, -0.1) is 0 Å². The molecule has 2 rings (SSSR count). The Hall–Kier alpha value is -1.55. The van der Waals surface area contributed by atoms with Crippen LogP contribution < -0.4 is 9.67 Å². The summed E-state index contributed by atoms with van der Waals surface area (Å²) in [5, 5.41) is 11.2. The lowest BCUT2D eigenvalue weighted by Gasteiger charge is -2.32. The van der Waals surface area contributed by atoms with E-state index in [0.29, 0.717) is 0 Å². The lowest BCUT2D eigenvalue weighted by Crippen LogP contribution is -2.68. The molecule has 0 aromatic carbocycles. The van der Waals surface area contributed by atoms with Crippen molar-refractivity contribution in [3.63, 3.8) is 0 Å². The molecule has 2 unspecified atom stereocenters. The first kappa shape index (κ1) is 9.02. The molecule has 72 valence electrons. The highest BCUT2D eigenvalue weighted by Crippen LogP contribution is 2.17. The Labute approximate surface area is 80.8 Å². The highest BCUT2D eigenvalue weighted by molar-refractivity contribution is 6.46. The molecular weight excluding hydrogens is 182 g/mol. The fourth-order valence-electron chi connectivity index (χ4n) is 1.55. The number of hydrogen-bond acceptors (Lipinski definition) is 3. The fourth-order valence-corrected chi connectivity index (χ4v) is 1.55. The van der Waals surface area contributed by atoms with E-state index in [1.807, 2.05) is 13.0 Å². The molecule has 4 heteroatoms. The lowest BCUT2D eigenvalue weighted by atomic mass is 9.85. The smallest absolute Gasteiger partial charge is 0.264 e. The lowest BCUT2D eigenvalue weighted by molar-refractivity contribution is -0.735. The molecule has 1 aromatic rings. The Kier molecular flexibility index (Phi) is 1.93. The van der Waals surface area contributed by atoms with Crippen LogP contribution in [0.15, 0.2) is 24.5 Å². The first-order valence-corrected chi connectivity index (χ1v) is 4.32. The van der Waals surface area contributed by atoms with Crippen molar-refractivity contribution < 1.29 is 19.3 Å². The number of aryl methyl sites for hydroxylation is 1. The molecule has 1 heterocycles. The molecule has 0 amide bonds. The average molecular weight is 191 g/mol. The summed E-state index contributed by atoms with van der Waals surface area (Å²) in [5.74, 6) is -1.38. The van der Waals surface area contributed by atoms with Crippen LogP contribution in [0.4, 0.5) is 0 Å². The van der Waals surface area contributed by atoms with Gasteiger partial charge in [0, 0.05) is 17.7 Å². The third kappa shape index (κ3) is 1.15. The molecule has 14 heavy (non-hydrogen) atoms. The van der Waals surface area contributed by atoms with Gasteiger partial charge < -0.3 is 5.11 Å². The highest BCUT2D eigenvalue weighted by Gasteiger charge is 2.48. The van der Waals surface area contributed by atoms with E-state index in [2.05, 4.69) is 0 Å². The van der Waals surface area contributed by atoms with Gasteiger partial charge in [0.1, 0.15) is 0 Å². The van der Waals surface area contributed by atoms with Crippen molar-refractivity contribution >= 4 is 11.6 Å². The van der Waals surface area contributed by atoms with Gasteiger partial charge in [-0.05, 0) is 13.0 Å². The van der Waals surface area contributed by atoms with Crippen LogP contribution in [0.2, 0.25) is 0 Å². The molecule has 1 saturated carbocycles. The van der Waals surface area contributed by atoms with E-state index < -0.39 is 23.7 Å². The Morgan fingerprint density at radius 2 is 2.07 bits per heavy atom. The molecule has 0 bridgehead atoms. The van der Waals surface area contributed by atoms with Crippen molar-refractivity contribution in [2.24, 2.45) is 0 Å². The van der Waals surface area contributed by atoms with Gasteiger partial charge in [0.2, 0.25) is 6.04 Å². The summed E-state index contributed by atoms with van der Waals surface area (Å²) < 4.78 is 1.51. The number of ketones is 2. The molecule has 0 aliphatic heterocycles. The molecule has 1 aliphatic rings. The summed E-state index contributed by atoms with van der Waals surface area (Å²) in [4.78, 5) is 21.9. The second-order valence-electron chi connectivity index (χ2n) is 3.42. The van der Waals surface area contributed by atoms with Gasteiger partial charge in [-0.3, -0.25) is 9.59 Å². The number of hydrogen-bond donors (Lipinski definition) is 0. The van der Waals surface area contributed by atoms with Gasteiger partial charge in [0.25, 0.3) is 5.78 Å². The second-order valence-corrected chi connectivity index (χ2v) is 3.42. The summed E-state index contributed by atoms with van der Waals surface area (Å²) in [6.45, 7) is 1.86. The number of Topliss-reactive ketones (excluding diaryl/α,β-unsaturated/α-hetero) is 2. The minimum Gasteiger partial charge on any atom is -0.841 e. The van der Waals surface area contributed by atoms with Crippen LogP contribution in [0.25, 0.3) is 0 Å². The maximum absolute atomic E-state index is 11.2. The Balaban J connectivity index is 2.33. The zero-order valence-electron chi connectivity index (χ0n) is 7.64. The maximum Gasteiger partial charge on any atom is 0.264 e. The molecule has 1 fully saturated rings. The van der Waals surface area contributed by atoms with Crippen LogP contribution in [0.3, 0.4) is 0 Å². The number of pyridine rings is 1. The van der Waals surface area contributed by atoms with E-state index in [1.54, 1.807) is 18.5 Å². The van der Waals surface area contributed by atoms with Crippen molar-refractivity contribution in [2.45, 2.75) is 19.1 Å². The van der Waals surface area contributed by atoms with Gasteiger partial charge in [-0.1, -0.05) is 0 Å². The quantitative estimate of drug-likeness (QED) is 0.409. The predicted molar refractivity (Wildman–Crippen MR) is 44.2 cm³/mol. The van der Waals surface area contributed by atoms with Gasteiger partial charge in [-0.2, -0.15) is 4.57 Å². The van der Waals surface area contributed by atoms with Crippen LogP contribution in [0, 0.1) is 6.92 Å². The van der Waals surface area contributed by atoms with Gasteiger partial charge in [0.15, 0.2) is 18.2 Å². The monoisotopic (exact) mass is 191 g/mol. The van der Waals surface area contributed by atoms with E-state index in [-0.39, 0.29) is 0 Å². The number of carbonyl (C=O) groups is 2. The first-order valence-electron chi connectivity index (χ1n) is 4.32. The van der Waals surface area contributed by atoms with Crippen LogP contribution in [0.1, 0.15) is 11.6 Å². The standard InChI is InChI=1S/C10H9NO3/c1-6-3-2-4-11(5-6)7-8(12)10(14)9(7)13/h2-5,7-8H,1H3. The Bertz CT molecular complexity index is 414. The van der Waals surface area contributed by atoms with Crippen molar-refractivity contribution in [1.29, 1.82) is 0 Å². The number of carbonyl (C=O) groups excluding carboxylic acids is 2. The molecule has 1 aromatic heterocycles. The SMILES string of the molecule is Cc1ccc[n+](C2C(=O)C(=O)C2[O-])c1. The van der Waals surface area contributed by atoms with E-state index in [4.69, 9.17) is 0 Å². The highest BCUT2D eigenvalue weighted by atomic mass is 16.3. The van der Waals surface area contributed by atoms with Crippen molar-refractivity contribution in [3.05, 3.63) is 30.1 Å². The van der Waals surface area contributed by atoms with Crippen molar-refractivity contribution in [3.8, 4) is 0 Å². The summed E-state index contributed by atoms with van der Waals surface area (Å²) in [6.07, 6.45) is 1.90. The van der Waals surface area contributed by atoms with E-state index in [1.165, 1.54) is 4.57 Å². The molecule has 2 atom stereocenters. The second kappa shape index (κ2) is 2.99. The number of nitrogens with zero attached hydrogens (tertiary/aromatic N) is 1. The fraction of sp³-hybridized carbons (Fsp3) is 0.300. The summed E-state index contributed by atoms with van der Waals surface area (Å²) in [5.41, 5.74) is 0.951. The largest absolute Gasteiger partial charge is 0.841 e. The third-order valence-electron chi connectivity index (χ3n) is 2.35. The van der Waals surface area contributed by atoms with E-state index in [0.717, 1.165) is 5.56 Å². The third-order valence-corrected chi connectivity index (χ3v) is 2.35. The maximum atomic E-state index is 11.2. The van der Waals surface area contributed by atoms with Gasteiger partial charge in [-0.25, -0.2) is 0 Å². The van der Waals surface area contributed by atoms with Gasteiger partial charge >= 0.3 is 0 Å². The zero-order valence-corrected chi connectivity index (χ0v) is 7.64. The first-order chi connectivity index (χ1) is 6.61. The molecule has 0 saturated heterocycles. The summed E-state index contributed by atoms with van der Waals surface area (Å²) in [6, 6.07) is 2.78. The topological polar surface area (TPSA) is 61.1 Å². The van der Waals surface area contributed by atoms with Gasteiger partial charge in [0.05, 0.1) is 0 Å². The van der Waals surface area contributed by atoms with Crippen LogP contribution in [0.5, 0.6) is 0 Å². The average Bonchev–Trinajstić information content (AvgIpc) is 2.18. The van der Waals surface area contributed by atoms with Crippen LogP contribution in [-0.2, 0) is 9.59 Å². The zero-order chi connectivity index (χ0) is 10.3. The molecule has 0 radical (unpaired) electrons. The van der Waals surface area contributed by atoms with E-state index >= 15 is 0 Å². The molecule has 4 nitrogen and oxygen atoms in total. The molecule has 0 N–H and O–H groups in total. The van der Waals surface area contributed by atoms with E-state index in [9.17, 15) is 14.7 Å².